The van der Waals surface area contributed by atoms with Crippen molar-refractivity contribution in [2.24, 2.45) is 0 Å². The van der Waals surface area contributed by atoms with Gasteiger partial charge in [-0.25, -0.2) is 4.79 Å². The van der Waals surface area contributed by atoms with Crippen LogP contribution in [0.4, 0.5) is 13.2 Å². The molecule has 2 nitrogen and oxygen atoms in total. The summed E-state index contributed by atoms with van der Waals surface area (Å²) in [6.45, 7) is 5.34. The van der Waals surface area contributed by atoms with E-state index in [0.717, 1.165) is 17.7 Å². The highest BCUT2D eigenvalue weighted by atomic mass is 19.4. The molecule has 0 aromatic heterocycles. The average Bonchev–Trinajstić information content (AvgIpc) is 2.45. The van der Waals surface area contributed by atoms with Gasteiger partial charge in [0.2, 0.25) is 0 Å². The van der Waals surface area contributed by atoms with Gasteiger partial charge in [0.1, 0.15) is 5.60 Å². The van der Waals surface area contributed by atoms with E-state index in [9.17, 15) is 18.0 Å². The second-order valence-electron chi connectivity index (χ2n) is 6.15. The summed E-state index contributed by atoms with van der Waals surface area (Å²) >= 11 is 0. The molecule has 0 saturated carbocycles. The van der Waals surface area contributed by atoms with Gasteiger partial charge < -0.3 is 4.74 Å². The van der Waals surface area contributed by atoms with Crippen LogP contribution in [0.15, 0.2) is 48.5 Å². The average molecular weight is 322 g/mol. The molecule has 0 fully saturated rings. The highest BCUT2D eigenvalue weighted by molar-refractivity contribution is 5.90. The van der Waals surface area contributed by atoms with E-state index in [1.807, 2.05) is 0 Å². The van der Waals surface area contributed by atoms with E-state index in [1.165, 1.54) is 12.1 Å². The summed E-state index contributed by atoms with van der Waals surface area (Å²) in [5.41, 5.74) is 0.505. The third-order valence-electron chi connectivity index (χ3n) is 3.07. The molecule has 0 amide bonds. The van der Waals surface area contributed by atoms with Gasteiger partial charge in [0, 0.05) is 0 Å². The second kappa shape index (κ2) is 6.07. The fourth-order valence-electron chi connectivity index (χ4n) is 1.99. The topological polar surface area (TPSA) is 26.3 Å². The number of carbonyl (C=O) groups excluding carboxylic acids is 1. The van der Waals surface area contributed by atoms with E-state index in [0.29, 0.717) is 11.1 Å². The fourth-order valence-corrected chi connectivity index (χ4v) is 1.99. The predicted molar refractivity (Wildman–Crippen MR) is 82.0 cm³/mol. The molecular weight excluding hydrogens is 305 g/mol. The molecule has 0 aliphatic heterocycles. The van der Waals surface area contributed by atoms with Crippen molar-refractivity contribution in [1.82, 2.24) is 0 Å². The molecule has 0 heterocycles. The Hall–Kier alpha value is -2.30. The van der Waals surface area contributed by atoms with Crippen LogP contribution in [-0.2, 0) is 10.9 Å². The first-order valence-corrected chi connectivity index (χ1v) is 7.07. The third-order valence-corrected chi connectivity index (χ3v) is 3.07. The van der Waals surface area contributed by atoms with Gasteiger partial charge in [-0.1, -0.05) is 24.3 Å². The molecule has 0 N–H and O–H groups in total. The van der Waals surface area contributed by atoms with Crippen LogP contribution in [0.5, 0.6) is 0 Å². The lowest BCUT2D eigenvalue weighted by molar-refractivity contribution is -0.137. The van der Waals surface area contributed by atoms with Crippen LogP contribution in [0.25, 0.3) is 11.1 Å². The molecule has 0 aliphatic carbocycles. The number of ether oxygens (including phenoxy) is 1. The van der Waals surface area contributed by atoms with Crippen LogP contribution < -0.4 is 0 Å². The van der Waals surface area contributed by atoms with Crippen LogP contribution in [0, 0.1) is 0 Å². The lowest BCUT2D eigenvalue weighted by Crippen LogP contribution is -2.23. The number of alkyl halides is 3. The summed E-state index contributed by atoms with van der Waals surface area (Å²) in [5.74, 6) is -0.434. The molecule has 0 atom stereocenters. The fraction of sp³-hybridized carbons (Fsp3) is 0.278. The molecule has 0 unspecified atom stereocenters. The van der Waals surface area contributed by atoms with Crippen molar-refractivity contribution >= 4 is 5.97 Å². The molecule has 5 heteroatoms. The maximum absolute atomic E-state index is 12.5. The molecule has 2 aromatic carbocycles. The number of hydrogen-bond donors (Lipinski definition) is 0. The summed E-state index contributed by atoms with van der Waals surface area (Å²) in [6.07, 6.45) is -4.35. The number of benzene rings is 2. The number of carbonyl (C=O) groups is 1. The zero-order chi connectivity index (χ0) is 17.3. The number of esters is 1. The highest BCUT2D eigenvalue weighted by Crippen LogP contribution is 2.31. The zero-order valence-electron chi connectivity index (χ0n) is 13.1. The monoisotopic (exact) mass is 322 g/mol. The SMILES string of the molecule is CC(C)(C)OC(=O)c1ccc(-c2ccc(C(F)(F)F)cc2)cc1. The Kier molecular flexibility index (Phi) is 4.50. The lowest BCUT2D eigenvalue weighted by atomic mass is 10.0. The van der Waals surface area contributed by atoms with Crippen LogP contribution in [0.1, 0.15) is 36.7 Å². The number of halogens is 3. The summed E-state index contributed by atoms with van der Waals surface area (Å²) in [5, 5.41) is 0. The summed E-state index contributed by atoms with van der Waals surface area (Å²) in [7, 11) is 0. The van der Waals surface area contributed by atoms with Gasteiger partial charge in [0.15, 0.2) is 0 Å². The van der Waals surface area contributed by atoms with Crippen LogP contribution in [0.2, 0.25) is 0 Å². The Balaban J connectivity index is 2.18. The number of rotatable bonds is 2. The minimum atomic E-state index is -4.35. The maximum Gasteiger partial charge on any atom is 0.416 e. The van der Waals surface area contributed by atoms with Crippen molar-refractivity contribution in [1.29, 1.82) is 0 Å². The first kappa shape index (κ1) is 17.1. The van der Waals surface area contributed by atoms with E-state index >= 15 is 0 Å². The largest absolute Gasteiger partial charge is 0.456 e. The van der Waals surface area contributed by atoms with Crippen molar-refractivity contribution in [2.75, 3.05) is 0 Å². The Bertz CT molecular complexity index is 678. The molecule has 0 aliphatic rings. The Labute approximate surface area is 132 Å². The minimum absolute atomic E-state index is 0.399. The van der Waals surface area contributed by atoms with E-state index < -0.39 is 23.3 Å². The summed E-state index contributed by atoms with van der Waals surface area (Å²) in [6, 6.07) is 11.5. The molecule has 0 radical (unpaired) electrons. The normalized spacial score (nSPS) is 12.1. The Morgan fingerprint density at radius 2 is 1.26 bits per heavy atom. The van der Waals surface area contributed by atoms with Crippen LogP contribution in [0.3, 0.4) is 0 Å². The van der Waals surface area contributed by atoms with E-state index in [2.05, 4.69) is 0 Å². The van der Waals surface area contributed by atoms with Gasteiger partial charge in [0.05, 0.1) is 11.1 Å². The van der Waals surface area contributed by atoms with Gasteiger partial charge in [-0.2, -0.15) is 13.2 Å². The molecule has 23 heavy (non-hydrogen) atoms. The maximum atomic E-state index is 12.5. The molecule has 2 rings (SSSR count). The van der Waals surface area contributed by atoms with E-state index in [-0.39, 0.29) is 0 Å². The molecule has 0 saturated heterocycles. The van der Waals surface area contributed by atoms with Gasteiger partial charge in [-0.3, -0.25) is 0 Å². The molecule has 122 valence electrons. The van der Waals surface area contributed by atoms with Crippen molar-refractivity contribution in [3.63, 3.8) is 0 Å². The molecule has 0 spiro atoms. The third kappa shape index (κ3) is 4.58. The van der Waals surface area contributed by atoms with E-state index in [4.69, 9.17) is 4.74 Å². The van der Waals surface area contributed by atoms with Gasteiger partial charge in [-0.05, 0) is 56.2 Å². The second-order valence-corrected chi connectivity index (χ2v) is 6.15. The van der Waals surface area contributed by atoms with Gasteiger partial charge in [0.25, 0.3) is 0 Å². The van der Waals surface area contributed by atoms with E-state index in [1.54, 1.807) is 45.0 Å². The van der Waals surface area contributed by atoms with Gasteiger partial charge in [-0.15, -0.1) is 0 Å². The first-order chi connectivity index (χ1) is 10.6. The Morgan fingerprint density at radius 3 is 1.65 bits per heavy atom. The number of hydrogen-bond acceptors (Lipinski definition) is 2. The standard InChI is InChI=1S/C18H17F3O2/c1-17(2,3)23-16(22)14-6-4-12(5-7-14)13-8-10-15(11-9-13)18(19,20)21/h4-11H,1-3H3. The predicted octanol–water partition coefficient (Wildman–Crippen LogP) is 5.33. The molecule has 0 bridgehead atoms. The molecule has 2 aromatic rings. The van der Waals surface area contributed by atoms with Gasteiger partial charge >= 0.3 is 12.1 Å². The van der Waals surface area contributed by atoms with Crippen molar-refractivity contribution in [2.45, 2.75) is 32.5 Å². The van der Waals surface area contributed by atoms with Crippen molar-refractivity contribution in [3.05, 3.63) is 59.7 Å². The first-order valence-electron chi connectivity index (χ1n) is 7.07. The van der Waals surface area contributed by atoms with Crippen LogP contribution >= 0.6 is 0 Å². The minimum Gasteiger partial charge on any atom is -0.456 e. The smallest absolute Gasteiger partial charge is 0.416 e. The van der Waals surface area contributed by atoms with Crippen molar-refractivity contribution < 1.29 is 22.7 Å². The lowest BCUT2D eigenvalue weighted by Gasteiger charge is -2.19. The Morgan fingerprint density at radius 1 is 0.826 bits per heavy atom. The quantitative estimate of drug-likeness (QED) is 0.699. The van der Waals surface area contributed by atoms with Crippen molar-refractivity contribution in [3.8, 4) is 11.1 Å². The van der Waals surface area contributed by atoms with Crippen LogP contribution in [-0.4, -0.2) is 11.6 Å². The zero-order valence-corrected chi connectivity index (χ0v) is 13.1. The molecular formula is C18H17F3O2. The summed E-state index contributed by atoms with van der Waals surface area (Å²) < 4.78 is 42.9. The summed E-state index contributed by atoms with van der Waals surface area (Å²) in [4.78, 5) is 11.9. The highest BCUT2D eigenvalue weighted by Gasteiger charge is 2.29.